The van der Waals surface area contributed by atoms with Crippen LogP contribution in [0.2, 0.25) is 0 Å². The first kappa shape index (κ1) is 15.7. The predicted octanol–water partition coefficient (Wildman–Crippen LogP) is 4.82. The number of hydrogen-bond donors (Lipinski definition) is 1. The fraction of sp³-hybridized carbons (Fsp3) is 0.111. The molecule has 0 saturated carbocycles. The second-order valence-corrected chi connectivity index (χ2v) is 6.45. The smallest absolute Gasteiger partial charge is 0.255 e. The number of halogens is 1. The summed E-state index contributed by atoms with van der Waals surface area (Å²) in [6, 6.07) is 14.9. The number of nitrogens with zero attached hydrogens (tertiary/aromatic N) is 1. The summed E-state index contributed by atoms with van der Waals surface area (Å²) in [6.45, 7) is 3.79. The van der Waals surface area contributed by atoms with E-state index in [4.69, 9.17) is 4.42 Å². The van der Waals surface area contributed by atoms with Crippen LogP contribution in [-0.4, -0.2) is 10.9 Å². The van der Waals surface area contributed by atoms with Gasteiger partial charge in [0.1, 0.15) is 5.76 Å². The molecule has 0 fully saturated rings. The Labute approximate surface area is 148 Å². The second-order valence-electron chi connectivity index (χ2n) is 5.20. The molecule has 1 heterocycles. The summed E-state index contributed by atoms with van der Waals surface area (Å²) in [7, 11) is 0. The highest BCUT2D eigenvalue weighted by molar-refractivity contribution is 14.1. The van der Waals surface area contributed by atoms with Gasteiger partial charge in [0.25, 0.3) is 5.91 Å². The van der Waals surface area contributed by atoms with Gasteiger partial charge in [-0.25, -0.2) is 4.98 Å². The average molecular weight is 418 g/mol. The zero-order valence-electron chi connectivity index (χ0n) is 12.8. The fourth-order valence-electron chi connectivity index (χ4n) is 2.13. The minimum absolute atomic E-state index is 0.140. The normalized spacial score (nSPS) is 10.6. The number of carbonyl (C=O) groups excluding carboxylic acids is 1. The van der Waals surface area contributed by atoms with E-state index in [0.717, 1.165) is 20.6 Å². The minimum atomic E-state index is -0.140. The van der Waals surface area contributed by atoms with Crippen LogP contribution in [0.3, 0.4) is 0 Å². The van der Waals surface area contributed by atoms with Crippen molar-refractivity contribution in [1.29, 1.82) is 0 Å². The minimum Gasteiger partial charge on any atom is -0.441 e. The van der Waals surface area contributed by atoms with Crippen molar-refractivity contribution < 1.29 is 9.21 Å². The van der Waals surface area contributed by atoms with Crippen LogP contribution in [0.25, 0.3) is 11.5 Å². The molecule has 0 atom stereocenters. The van der Waals surface area contributed by atoms with Crippen LogP contribution in [0.15, 0.2) is 52.9 Å². The number of aromatic nitrogens is 1. The lowest BCUT2D eigenvalue weighted by Crippen LogP contribution is -2.11. The highest BCUT2D eigenvalue weighted by Crippen LogP contribution is 2.24. The number of oxazole rings is 1. The quantitative estimate of drug-likeness (QED) is 0.621. The fourth-order valence-corrected chi connectivity index (χ4v) is 2.49. The summed E-state index contributed by atoms with van der Waals surface area (Å²) in [5.41, 5.74) is 3.04. The number of carbonyl (C=O) groups is 1. The number of nitrogens with one attached hydrogen (secondary N) is 1. The maximum Gasteiger partial charge on any atom is 0.255 e. The average Bonchev–Trinajstić information content (AvgIpc) is 2.88. The van der Waals surface area contributed by atoms with Crippen molar-refractivity contribution in [3.63, 3.8) is 0 Å². The molecule has 0 unspecified atom stereocenters. The molecule has 5 heteroatoms. The van der Waals surface area contributed by atoms with Crippen LogP contribution in [0.1, 0.15) is 21.8 Å². The standard InChI is InChI=1S/C18H15IN2O2/c1-11-12(2)23-18(20-11)14-4-3-5-16(10-14)21-17(22)13-6-8-15(19)9-7-13/h3-10H,1-2H3,(H,21,22). The van der Waals surface area contributed by atoms with E-state index in [1.165, 1.54) is 0 Å². The molecule has 1 aromatic heterocycles. The summed E-state index contributed by atoms with van der Waals surface area (Å²) in [6.07, 6.45) is 0. The van der Waals surface area contributed by atoms with E-state index in [2.05, 4.69) is 32.9 Å². The van der Waals surface area contributed by atoms with Crippen molar-refractivity contribution in [2.24, 2.45) is 0 Å². The summed E-state index contributed by atoms with van der Waals surface area (Å²) in [5, 5.41) is 2.90. The third-order valence-corrected chi connectivity index (χ3v) is 4.22. The van der Waals surface area contributed by atoms with Crippen molar-refractivity contribution in [2.45, 2.75) is 13.8 Å². The van der Waals surface area contributed by atoms with E-state index in [1.54, 1.807) is 0 Å². The second kappa shape index (κ2) is 6.54. The lowest BCUT2D eigenvalue weighted by atomic mass is 10.1. The molecule has 116 valence electrons. The van der Waals surface area contributed by atoms with Crippen molar-refractivity contribution in [1.82, 2.24) is 4.98 Å². The van der Waals surface area contributed by atoms with Gasteiger partial charge in [-0.1, -0.05) is 6.07 Å². The van der Waals surface area contributed by atoms with Crippen LogP contribution in [-0.2, 0) is 0 Å². The Morgan fingerprint density at radius 1 is 1.13 bits per heavy atom. The number of aryl methyl sites for hydroxylation is 2. The summed E-state index contributed by atoms with van der Waals surface area (Å²) in [4.78, 5) is 16.7. The molecule has 0 spiro atoms. The molecule has 0 aliphatic carbocycles. The zero-order chi connectivity index (χ0) is 16.4. The molecule has 0 radical (unpaired) electrons. The van der Waals surface area contributed by atoms with Gasteiger partial charge in [-0.3, -0.25) is 4.79 Å². The third-order valence-electron chi connectivity index (χ3n) is 3.50. The van der Waals surface area contributed by atoms with Gasteiger partial charge in [0, 0.05) is 20.4 Å². The van der Waals surface area contributed by atoms with Gasteiger partial charge in [0.05, 0.1) is 5.69 Å². The third kappa shape index (κ3) is 3.61. The van der Waals surface area contributed by atoms with Gasteiger partial charge in [-0.2, -0.15) is 0 Å². The van der Waals surface area contributed by atoms with Crippen LogP contribution >= 0.6 is 22.6 Å². The van der Waals surface area contributed by atoms with Crippen molar-refractivity contribution in [3.05, 3.63) is 69.1 Å². The first-order valence-electron chi connectivity index (χ1n) is 7.14. The summed E-state index contributed by atoms with van der Waals surface area (Å²) >= 11 is 2.21. The van der Waals surface area contributed by atoms with Crippen LogP contribution in [0, 0.1) is 17.4 Å². The van der Waals surface area contributed by atoms with Gasteiger partial charge in [0.15, 0.2) is 0 Å². The SMILES string of the molecule is Cc1nc(-c2cccc(NC(=O)c3ccc(I)cc3)c2)oc1C. The maximum absolute atomic E-state index is 12.3. The van der Waals surface area contributed by atoms with Crippen molar-refractivity contribution in [3.8, 4) is 11.5 Å². The largest absolute Gasteiger partial charge is 0.441 e. The van der Waals surface area contributed by atoms with Gasteiger partial charge >= 0.3 is 0 Å². The molecular formula is C18H15IN2O2. The van der Waals surface area contributed by atoms with Crippen LogP contribution < -0.4 is 5.32 Å². The molecule has 3 aromatic rings. The molecule has 0 saturated heterocycles. The van der Waals surface area contributed by atoms with Crippen LogP contribution in [0.5, 0.6) is 0 Å². The van der Waals surface area contributed by atoms with E-state index in [0.29, 0.717) is 17.1 Å². The van der Waals surface area contributed by atoms with E-state index >= 15 is 0 Å². The lowest BCUT2D eigenvalue weighted by Gasteiger charge is -2.06. The van der Waals surface area contributed by atoms with Gasteiger partial charge < -0.3 is 9.73 Å². The Hall–Kier alpha value is -2.15. The molecular weight excluding hydrogens is 403 g/mol. The lowest BCUT2D eigenvalue weighted by molar-refractivity contribution is 0.102. The predicted molar refractivity (Wildman–Crippen MR) is 98.5 cm³/mol. The molecule has 0 aliphatic heterocycles. The van der Waals surface area contributed by atoms with Crippen molar-refractivity contribution in [2.75, 3.05) is 5.32 Å². The molecule has 1 amide bonds. The molecule has 2 aromatic carbocycles. The van der Waals surface area contributed by atoms with Crippen molar-refractivity contribution >= 4 is 34.2 Å². The molecule has 0 bridgehead atoms. The van der Waals surface area contributed by atoms with Gasteiger partial charge in [-0.05, 0) is 78.9 Å². The molecule has 4 nitrogen and oxygen atoms in total. The summed E-state index contributed by atoms with van der Waals surface area (Å²) < 4.78 is 6.73. The Kier molecular flexibility index (Phi) is 4.47. The van der Waals surface area contributed by atoms with E-state index < -0.39 is 0 Å². The Balaban J connectivity index is 1.82. The number of hydrogen-bond acceptors (Lipinski definition) is 3. The van der Waals surface area contributed by atoms with Gasteiger partial charge in [0.2, 0.25) is 5.89 Å². The van der Waals surface area contributed by atoms with Gasteiger partial charge in [-0.15, -0.1) is 0 Å². The van der Waals surface area contributed by atoms with E-state index in [9.17, 15) is 4.79 Å². The Morgan fingerprint density at radius 3 is 2.52 bits per heavy atom. The molecule has 0 aliphatic rings. The number of anilines is 1. The van der Waals surface area contributed by atoms with Crippen LogP contribution in [0.4, 0.5) is 5.69 Å². The highest BCUT2D eigenvalue weighted by atomic mass is 127. The van der Waals surface area contributed by atoms with E-state index in [-0.39, 0.29) is 5.91 Å². The topological polar surface area (TPSA) is 55.1 Å². The highest BCUT2D eigenvalue weighted by Gasteiger charge is 2.10. The maximum atomic E-state index is 12.3. The monoisotopic (exact) mass is 418 g/mol. The first-order valence-corrected chi connectivity index (χ1v) is 8.22. The Bertz CT molecular complexity index is 834. The molecule has 23 heavy (non-hydrogen) atoms. The summed E-state index contributed by atoms with van der Waals surface area (Å²) in [5.74, 6) is 1.22. The zero-order valence-corrected chi connectivity index (χ0v) is 14.9. The van der Waals surface area contributed by atoms with E-state index in [1.807, 2.05) is 62.4 Å². The first-order chi connectivity index (χ1) is 11.0. The molecule has 3 rings (SSSR count). The number of amides is 1. The molecule has 1 N–H and O–H groups in total. The Morgan fingerprint density at radius 2 is 1.87 bits per heavy atom. The number of rotatable bonds is 3. The number of benzene rings is 2.